The summed E-state index contributed by atoms with van der Waals surface area (Å²) in [6, 6.07) is 50.8. The maximum Gasteiger partial charge on any atom is 3.00 e. The van der Waals surface area contributed by atoms with Crippen LogP contribution in [-0.4, -0.2) is 0 Å². The molecule has 6 aromatic carbocycles. The van der Waals surface area contributed by atoms with Crippen LogP contribution in [0.4, 0.5) is 0 Å². The molecule has 0 aromatic heterocycles. The first kappa shape index (κ1) is 37.7. The van der Waals surface area contributed by atoms with Gasteiger partial charge < -0.3 is 28.4 Å². The van der Waals surface area contributed by atoms with Gasteiger partial charge in [-0.2, -0.15) is 0 Å². The second kappa shape index (κ2) is 18.0. The van der Waals surface area contributed by atoms with Gasteiger partial charge in [-0.05, 0) is 0 Å². The molecule has 0 N–H and O–H groups in total. The van der Waals surface area contributed by atoms with Crippen LogP contribution < -0.4 is 46.5 Å². The number of hydrogen-bond acceptors (Lipinski definition) is 6. The molecule has 10 heteroatoms. The van der Waals surface area contributed by atoms with E-state index in [1.54, 1.807) is 182 Å². The molecule has 0 saturated carbocycles. The Hall–Kier alpha value is -2.76. The van der Waals surface area contributed by atoms with Crippen molar-refractivity contribution in [3.05, 3.63) is 182 Å². The first-order chi connectivity index (χ1) is 21.6. The molecule has 0 aliphatic rings. The third-order valence-electron chi connectivity index (χ3n) is 6.58. The minimum atomic E-state index is -3.65. The molecule has 229 valence electrons. The van der Waals surface area contributed by atoms with E-state index < -0.39 is 22.1 Å². The van der Waals surface area contributed by atoms with Crippen molar-refractivity contribution < 1.29 is 69.2 Å². The first-order valence-electron chi connectivity index (χ1n) is 13.9. The molecule has 1 radical (unpaired) electrons. The van der Waals surface area contributed by atoms with Crippen LogP contribution in [0.3, 0.4) is 0 Å². The van der Waals surface area contributed by atoms with Crippen LogP contribution in [0.5, 0.6) is 0 Å². The Bertz CT molecular complexity index is 1540. The number of benzene rings is 6. The largest absolute Gasteiger partial charge is 3.00 e. The van der Waals surface area contributed by atoms with Gasteiger partial charge in [-0.3, -0.25) is 0 Å². The Morgan fingerprint density at radius 2 is 0.370 bits per heavy atom. The number of hydrogen-bond donors (Lipinski definition) is 0. The Morgan fingerprint density at radius 3 is 0.478 bits per heavy atom. The fourth-order valence-electron chi connectivity index (χ4n) is 4.19. The molecule has 0 fully saturated rings. The smallest absolute Gasteiger partial charge is 0.793 e. The predicted molar refractivity (Wildman–Crippen MR) is 179 cm³/mol. The van der Waals surface area contributed by atoms with Gasteiger partial charge in [-0.1, -0.05) is 182 Å². The van der Waals surface area contributed by atoms with Crippen molar-refractivity contribution in [1.82, 2.24) is 0 Å². The average molecular weight is 796 g/mol. The quantitative estimate of drug-likeness (QED) is 0.237. The standard InChI is InChI=1S/3C12H11O2P.Nd/c3*13-15(14,11-7-3-1-4-8-11)12-9-5-2-6-10-12;/h3*1-10H,(H,13,14);/q;;;+3/p-3. The van der Waals surface area contributed by atoms with Gasteiger partial charge in [-0.25, -0.2) is 0 Å². The fraction of sp³-hybridized carbons (Fsp3) is 0. The van der Waals surface area contributed by atoms with Gasteiger partial charge in [0.15, 0.2) is 0 Å². The molecule has 0 aliphatic heterocycles. The van der Waals surface area contributed by atoms with E-state index in [1.807, 2.05) is 0 Å². The van der Waals surface area contributed by atoms with E-state index in [0.717, 1.165) is 0 Å². The third-order valence-corrected chi connectivity index (χ3v) is 12.4. The molecule has 6 rings (SSSR count). The second-order valence-electron chi connectivity index (χ2n) is 9.67. The molecule has 6 nitrogen and oxygen atoms in total. The summed E-state index contributed by atoms with van der Waals surface area (Å²) in [5.74, 6) is 0. The molecule has 6 aromatic rings. The van der Waals surface area contributed by atoms with Crippen LogP contribution in [0.25, 0.3) is 0 Å². The van der Waals surface area contributed by atoms with Crippen molar-refractivity contribution in [1.29, 1.82) is 0 Å². The van der Waals surface area contributed by atoms with E-state index in [4.69, 9.17) is 0 Å². The summed E-state index contributed by atoms with van der Waals surface area (Å²) < 4.78 is 36.2. The van der Waals surface area contributed by atoms with E-state index in [1.165, 1.54) is 0 Å². The predicted octanol–water partition coefficient (Wildman–Crippen LogP) is 3.83. The minimum absolute atomic E-state index is 0. The zero-order valence-electron chi connectivity index (χ0n) is 24.6. The first-order valence-corrected chi connectivity index (χ1v) is 18.8. The molecule has 0 saturated heterocycles. The molecular formula is C36H30NdO6P3. The molecule has 0 aliphatic carbocycles. The molecule has 0 spiro atoms. The molecule has 0 heterocycles. The molecule has 0 atom stereocenters. The van der Waals surface area contributed by atoms with Crippen molar-refractivity contribution in [3.63, 3.8) is 0 Å². The maximum atomic E-state index is 12.1. The maximum absolute atomic E-state index is 12.1. The molecule has 46 heavy (non-hydrogen) atoms. The van der Waals surface area contributed by atoms with Crippen LogP contribution in [-0.2, 0) is 13.7 Å². The Balaban J connectivity index is 0.000000186. The van der Waals surface area contributed by atoms with E-state index in [2.05, 4.69) is 0 Å². The third kappa shape index (κ3) is 10.1. The van der Waals surface area contributed by atoms with Gasteiger partial charge in [0.1, 0.15) is 0 Å². The topological polar surface area (TPSA) is 120 Å². The Morgan fingerprint density at radius 1 is 0.261 bits per heavy atom. The molecule has 0 unspecified atom stereocenters. The summed E-state index contributed by atoms with van der Waals surface area (Å²) in [4.78, 5) is 36.2. The monoisotopic (exact) mass is 793 g/mol. The van der Waals surface area contributed by atoms with Gasteiger partial charge >= 0.3 is 40.8 Å². The van der Waals surface area contributed by atoms with Crippen molar-refractivity contribution >= 4 is 53.9 Å². The van der Waals surface area contributed by atoms with Crippen LogP contribution >= 0.6 is 22.1 Å². The van der Waals surface area contributed by atoms with Crippen LogP contribution in [0.1, 0.15) is 0 Å². The van der Waals surface area contributed by atoms with Crippen LogP contribution in [0, 0.1) is 40.8 Å². The molecular weight excluding hydrogens is 766 g/mol. The van der Waals surface area contributed by atoms with Crippen molar-refractivity contribution in [2.24, 2.45) is 0 Å². The van der Waals surface area contributed by atoms with Crippen LogP contribution in [0.2, 0.25) is 0 Å². The minimum Gasteiger partial charge on any atom is -0.793 e. The van der Waals surface area contributed by atoms with Crippen molar-refractivity contribution in [2.45, 2.75) is 0 Å². The number of rotatable bonds is 6. The van der Waals surface area contributed by atoms with E-state index in [0.29, 0.717) is 31.8 Å². The van der Waals surface area contributed by atoms with Crippen molar-refractivity contribution in [3.8, 4) is 0 Å². The van der Waals surface area contributed by atoms with E-state index >= 15 is 0 Å². The van der Waals surface area contributed by atoms with Gasteiger partial charge in [0, 0.05) is 31.8 Å². The van der Waals surface area contributed by atoms with Crippen LogP contribution in [0.15, 0.2) is 182 Å². The van der Waals surface area contributed by atoms with E-state index in [-0.39, 0.29) is 40.8 Å². The van der Waals surface area contributed by atoms with Gasteiger partial charge in [0.25, 0.3) is 0 Å². The summed E-state index contributed by atoms with van der Waals surface area (Å²) in [6.07, 6.45) is 0. The normalized spacial score (nSPS) is 11.0. The summed E-state index contributed by atoms with van der Waals surface area (Å²) >= 11 is 0. The van der Waals surface area contributed by atoms with Crippen molar-refractivity contribution in [2.75, 3.05) is 0 Å². The van der Waals surface area contributed by atoms with Gasteiger partial charge in [0.2, 0.25) is 0 Å². The van der Waals surface area contributed by atoms with Gasteiger partial charge in [0.05, 0.1) is 22.1 Å². The summed E-state index contributed by atoms with van der Waals surface area (Å²) in [6.45, 7) is 0. The zero-order valence-corrected chi connectivity index (χ0v) is 30.5. The Labute approximate surface area is 302 Å². The Kier molecular flexibility index (Phi) is 14.7. The molecule has 0 amide bonds. The van der Waals surface area contributed by atoms with Gasteiger partial charge in [-0.15, -0.1) is 0 Å². The molecule has 0 bridgehead atoms. The summed E-state index contributed by atoms with van der Waals surface area (Å²) in [5.41, 5.74) is 0. The summed E-state index contributed by atoms with van der Waals surface area (Å²) in [7, 11) is -10.9. The summed E-state index contributed by atoms with van der Waals surface area (Å²) in [5, 5.41) is 2.15. The van der Waals surface area contributed by atoms with E-state index in [9.17, 15) is 28.4 Å². The second-order valence-corrected chi connectivity index (χ2v) is 16.1. The SMILES string of the molecule is O=P([O-])(c1ccccc1)c1ccccc1.O=P([O-])(c1ccccc1)c1ccccc1.O=P([O-])(c1ccccc1)c1ccccc1.[Nd+3]. The zero-order chi connectivity index (χ0) is 32.2. The fourth-order valence-corrected chi connectivity index (χ4v) is 8.47. The average Bonchev–Trinajstić information content (AvgIpc) is 3.11.